The van der Waals surface area contributed by atoms with E-state index in [1.165, 1.54) is 66.9 Å². The molecule has 37 heteroatoms. The van der Waals surface area contributed by atoms with Crippen LogP contribution in [-0.2, 0) is 58.8 Å². The van der Waals surface area contributed by atoms with Crippen molar-refractivity contribution in [3.63, 3.8) is 0 Å². The highest BCUT2D eigenvalue weighted by atomic mass is 17.0. The lowest BCUT2D eigenvalue weighted by molar-refractivity contribution is -0.758. The predicted molar refractivity (Wildman–Crippen MR) is 360 cm³/mol. The second kappa shape index (κ2) is 42.8. The zero-order chi connectivity index (χ0) is 75.7. The molecule has 0 aromatic heterocycles. The molecule has 37 nitrogen and oxygen atoms in total. The van der Waals surface area contributed by atoms with E-state index >= 15 is 0 Å². The Kier molecular flexibility index (Phi) is 35.8. The zero-order valence-corrected chi connectivity index (χ0v) is 59.6. The summed E-state index contributed by atoms with van der Waals surface area (Å²) in [6.07, 6.45) is -0.965. The van der Waals surface area contributed by atoms with Gasteiger partial charge < -0.3 is 82.0 Å². The smallest absolute Gasteiger partial charge is 0.421 e. The number of carbonyl (C=O) groups excluding carboxylic acids is 4. The van der Waals surface area contributed by atoms with E-state index in [1.54, 1.807) is 36.4 Å². The van der Waals surface area contributed by atoms with E-state index in [2.05, 4.69) is 31.5 Å². The highest BCUT2D eigenvalue weighted by molar-refractivity contribution is 6.30. The first-order valence-electron chi connectivity index (χ1n) is 32.1. The van der Waals surface area contributed by atoms with E-state index in [9.17, 15) is 70.2 Å². The maximum Gasteiger partial charge on any atom is 0.421 e. The van der Waals surface area contributed by atoms with Crippen LogP contribution in [0.2, 0.25) is 0 Å². The average molecular weight is 1460 g/mol. The Balaban J connectivity index is 0.0000276. The molecule has 0 aliphatic carbocycles. The number of esters is 2. The van der Waals surface area contributed by atoms with Crippen molar-refractivity contribution >= 4 is 23.8 Å². The largest absolute Gasteiger partial charge is 0.493 e. The van der Waals surface area contributed by atoms with Crippen molar-refractivity contribution < 1.29 is 112 Å². The van der Waals surface area contributed by atoms with Gasteiger partial charge in [0.15, 0.2) is 46.0 Å². The number of nitriles is 2. The summed E-state index contributed by atoms with van der Waals surface area (Å²) < 4.78 is 56.2. The highest BCUT2D eigenvalue weighted by Crippen LogP contribution is 2.42. The minimum atomic E-state index is -2.64. The topological polar surface area (TPSA) is 462 Å². The second-order valence-corrected chi connectivity index (χ2v) is 23.0. The van der Waals surface area contributed by atoms with Crippen molar-refractivity contribution in [2.24, 2.45) is 0 Å². The lowest BCUT2D eigenvalue weighted by atomic mass is 9.74. The third-order valence-corrected chi connectivity index (χ3v) is 16.9. The molecule has 0 aliphatic rings. The molecule has 0 aliphatic heterocycles. The lowest BCUT2D eigenvalue weighted by Gasteiger charge is -2.31. The summed E-state index contributed by atoms with van der Waals surface area (Å²) in [6, 6.07) is 23.8. The third-order valence-electron chi connectivity index (χ3n) is 16.9. The molecule has 0 fully saturated rings. The molecular weight excluding hydrogens is 1360 g/mol. The van der Waals surface area contributed by atoms with Crippen LogP contribution in [0.3, 0.4) is 0 Å². The first-order chi connectivity index (χ1) is 48.7. The molecule has 4 aromatic rings. The molecule has 0 radical (unpaired) electrons. The number of nitrogens with zero attached hydrogens (tertiary/aromatic N) is 10. The Bertz CT molecular complexity index is 3290. The summed E-state index contributed by atoms with van der Waals surface area (Å²) in [5, 5.41) is 61.7. The van der Waals surface area contributed by atoms with Crippen molar-refractivity contribution in [2.45, 2.75) is 115 Å². The highest BCUT2D eigenvalue weighted by Gasteiger charge is 2.40. The number of hydrogen-bond acceptors (Lipinski definition) is 30. The van der Waals surface area contributed by atoms with Gasteiger partial charge in [-0.15, -0.1) is 40.5 Å². The van der Waals surface area contributed by atoms with E-state index < -0.39 is 132 Å². The monoisotopic (exact) mass is 1450 g/mol. The fraction of sp³-hybridized carbons (Fsp3) is 0.545. The fourth-order valence-electron chi connectivity index (χ4n) is 11.2. The first-order valence-corrected chi connectivity index (χ1v) is 32.1. The normalized spacial score (nSPS) is 13.1. The molecule has 0 spiro atoms. The zero-order valence-electron chi connectivity index (χ0n) is 59.6. The molecule has 0 saturated heterocycles. The number of ether oxygens (including phenoxy) is 10. The van der Waals surface area contributed by atoms with Gasteiger partial charge >= 0.3 is 36.3 Å². The van der Waals surface area contributed by atoms with Crippen LogP contribution in [0.15, 0.2) is 72.8 Å². The average Bonchev–Trinajstić information content (AvgIpc) is 0.814. The molecule has 2 N–H and O–H groups in total. The van der Waals surface area contributed by atoms with Gasteiger partial charge in [-0.3, -0.25) is 19.4 Å². The quantitative estimate of drug-likeness (QED) is 0.0146. The molecular formula is C66H90N10O27. The van der Waals surface area contributed by atoms with Crippen molar-refractivity contribution in [2.75, 3.05) is 122 Å². The van der Waals surface area contributed by atoms with Crippen LogP contribution in [0, 0.1) is 63.1 Å². The number of hydrogen-bond donors (Lipinski definition) is 0. The van der Waals surface area contributed by atoms with Gasteiger partial charge in [0.1, 0.15) is 26.4 Å². The Morgan fingerprint density at radius 2 is 0.738 bits per heavy atom. The summed E-state index contributed by atoms with van der Waals surface area (Å²) in [5.74, 6) is -6.03. The van der Waals surface area contributed by atoms with Crippen LogP contribution in [-0.4, -0.2) is 204 Å². The standard InChI is InChI=1S/C66H88N10O26.H2O/c1-13-25-65(43-67,49-19-23-51(89-7)55(41-49)93-11)27-15-29-69(5)45(3)47-17-21-53(91-9)57(39-47)99-63(59(77)71(31-35-95-73(81)82)32-36-96-74(83)84)101-61(79)62(80)102-64(60(78)72(33-37-97-75(85)86)34-38-98-76(87)88)100-58-40-48(18-22-54(58)92-10)46(4)70(6)30-16-28-66(44-68,26-14-2)50-20-24-52(90-8)56(42-50)94-12;/h17-24,39-42,45-46,63-64H,13-16,25-38H2,1-12H3;1H2. The summed E-state index contributed by atoms with van der Waals surface area (Å²) in [7, 11) is 12.1. The van der Waals surface area contributed by atoms with E-state index in [0.29, 0.717) is 108 Å². The second-order valence-electron chi connectivity index (χ2n) is 23.0. The summed E-state index contributed by atoms with van der Waals surface area (Å²) in [5.41, 5.74) is 0.668. The van der Waals surface area contributed by atoms with Gasteiger partial charge in [0.2, 0.25) is 0 Å². The van der Waals surface area contributed by atoms with Gasteiger partial charge in [-0.1, -0.05) is 51.0 Å². The van der Waals surface area contributed by atoms with Gasteiger partial charge in [-0.2, -0.15) is 10.5 Å². The van der Waals surface area contributed by atoms with Crippen molar-refractivity contribution in [1.29, 1.82) is 10.5 Å². The number of methoxy groups -OCH3 is 6. The van der Waals surface area contributed by atoms with E-state index in [1.807, 2.05) is 63.7 Å². The summed E-state index contributed by atoms with van der Waals surface area (Å²) in [6.45, 7) is 1.95. The van der Waals surface area contributed by atoms with Crippen molar-refractivity contribution in [3.05, 3.63) is 136 Å². The summed E-state index contributed by atoms with van der Waals surface area (Å²) in [4.78, 5) is 126. The fourth-order valence-corrected chi connectivity index (χ4v) is 11.2. The molecule has 4 rings (SSSR count). The van der Waals surface area contributed by atoms with Crippen LogP contribution in [0.25, 0.3) is 0 Å². The number of amides is 2. The van der Waals surface area contributed by atoms with Crippen LogP contribution in [0.4, 0.5) is 0 Å². The van der Waals surface area contributed by atoms with Gasteiger partial charge in [-0.25, -0.2) is 9.59 Å². The number of rotatable bonds is 48. The predicted octanol–water partition coefficient (Wildman–Crippen LogP) is 6.67. The van der Waals surface area contributed by atoms with Gasteiger partial charge in [-0.05, 0) is 150 Å². The van der Waals surface area contributed by atoms with E-state index in [-0.39, 0.29) is 28.5 Å². The minimum absolute atomic E-state index is 0. The van der Waals surface area contributed by atoms with Crippen molar-refractivity contribution in [1.82, 2.24) is 19.6 Å². The maximum atomic E-state index is 14.7. The number of benzene rings is 4. The molecule has 103 heavy (non-hydrogen) atoms. The molecule has 4 aromatic carbocycles. The van der Waals surface area contributed by atoms with Gasteiger partial charge in [0.05, 0.1) is 65.6 Å². The molecule has 0 heterocycles. The van der Waals surface area contributed by atoms with Crippen LogP contribution < -0.4 is 37.9 Å². The molecule has 6 unspecified atom stereocenters. The molecule has 0 saturated carbocycles. The van der Waals surface area contributed by atoms with Gasteiger partial charge in [0, 0.05) is 38.3 Å². The van der Waals surface area contributed by atoms with Gasteiger partial charge in [0.25, 0.3) is 20.3 Å². The van der Waals surface area contributed by atoms with Crippen LogP contribution in [0.5, 0.6) is 46.0 Å². The lowest BCUT2D eigenvalue weighted by Crippen LogP contribution is -2.49. The van der Waals surface area contributed by atoms with E-state index in [0.717, 1.165) is 11.1 Å². The Morgan fingerprint density at radius 3 is 1.01 bits per heavy atom. The Labute approximate surface area is 594 Å². The molecule has 0 bridgehead atoms. The van der Waals surface area contributed by atoms with Crippen LogP contribution in [0.1, 0.15) is 113 Å². The minimum Gasteiger partial charge on any atom is -0.493 e. The Morgan fingerprint density at radius 1 is 0.447 bits per heavy atom. The summed E-state index contributed by atoms with van der Waals surface area (Å²) >= 11 is 0. The number of carbonyl (C=O) groups is 4. The Hall–Kier alpha value is -11.2. The van der Waals surface area contributed by atoms with Crippen LogP contribution >= 0.6 is 0 Å². The first kappa shape index (κ1) is 86.0. The SMILES string of the molecule is CCCC(C#N)(CCCN(C)C(C)c1ccc(OC)c(OC(OC(=O)C(=O)OC(Oc2cc(C(C)N(C)CCCC(C#N)(CCC)c3ccc(OC)c(OC)c3)ccc2OC)C(=O)N(CCO[N+](=O)[O-])CCO[N+](=O)[O-])C(=O)N(CCO[N+](=O)[O-])CCO[N+](=O)[O-])c1)c1ccc(OC)c(OC)c1.O. The molecule has 566 valence electrons. The van der Waals surface area contributed by atoms with Crippen molar-refractivity contribution in [3.8, 4) is 58.1 Å². The molecule has 2 amide bonds. The van der Waals surface area contributed by atoms with E-state index in [4.69, 9.17) is 47.4 Å². The maximum absolute atomic E-state index is 14.7. The molecule has 6 atom stereocenters. The third kappa shape index (κ3) is 25.1.